The molecule has 0 aliphatic carbocycles. The molecular formula is C23H26N6. The van der Waals surface area contributed by atoms with Crippen LogP contribution >= 0.6 is 0 Å². The summed E-state index contributed by atoms with van der Waals surface area (Å²) in [6.07, 6.45) is 0.600. The smallest absolute Gasteiger partial charge is 0.110 e. The van der Waals surface area contributed by atoms with Crippen LogP contribution in [-0.4, -0.2) is 29.9 Å². The Labute approximate surface area is 170 Å². The van der Waals surface area contributed by atoms with Crippen LogP contribution in [0.25, 0.3) is 22.1 Å². The zero-order valence-corrected chi connectivity index (χ0v) is 18.4. The Bertz CT molecular complexity index is 1210. The summed E-state index contributed by atoms with van der Waals surface area (Å²) >= 11 is 0. The van der Waals surface area contributed by atoms with Crippen LogP contribution in [0, 0.1) is 55.4 Å². The highest BCUT2D eigenvalue weighted by atomic mass is 14.9. The third-order valence-electron chi connectivity index (χ3n) is 5.82. The summed E-state index contributed by atoms with van der Waals surface area (Å²) in [6, 6.07) is 0. The van der Waals surface area contributed by atoms with Gasteiger partial charge in [0.15, 0.2) is 0 Å². The van der Waals surface area contributed by atoms with Gasteiger partial charge in [0.2, 0.25) is 0 Å². The van der Waals surface area contributed by atoms with Gasteiger partial charge in [-0.1, -0.05) is 0 Å². The molecule has 0 saturated carbocycles. The van der Waals surface area contributed by atoms with E-state index < -0.39 is 0 Å². The average molecular weight is 387 g/mol. The molecule has 0 fully saturated rings. The van der Waals surface area contributed by atoms with E-state index in [9.17, 15) is 0 Å². The second kappa shape index (κ2) is 6.79. The fourth-order valence-corrected chi connectivity index (χ4v) is 3.75. The number of hydrogen-bond donors (Lipinski definition) is 0. The highest BCUT2D eigenvalue weighted by molar-refractivity contribution is 5.82. The molecule has 148 valence electrons. The van der Waals surface area contributed by atoms with Crippen LogP contribution < -0.4 is 0 Å². The molecule has 0 aliphatic heterocycles. The maximum Gasteiger partial charge on any atom is 0.110 e. The summed E-state index contributed by atoms with van der Waals surface area (Å²) in [6.45, 7) is 16.1. The summed E-state index contributed by atoms with van der Waals surface area (Å²) in [7, 11) is 0. The van der Waals surface area contributed by atoms with Crippen molar-refractivity contribution in [2.24, 2.45) is 0 Å². The molecule has 4 heterocycles. The molecule has 0 bridgehead atoms. The molecule has 6 nitrogen and oxygen atoms in total. The minimum atomic E-state index is 0.600. The first kappa shape index (κ1) is 19.3. The van der Waals surface area contributed by atoms with E-state index in [1.807, 2.05) is 41.5 Å². The molecule has 4 rings (SSSR count). The number of nitrogens with zero attached hydrogens (tertiary/aromatic N) is 6. The molecule has 0 amide bonds. The van der Waals surface area contributed by atoms with Crippen LogP contribution in [0.1, 0.15) is 56.7 Å². The summed E-state index contributed by atoms with van der Waals surface area (Å²) in [5.41, 5.74) is 13.3. The highest BCUT2D eigenvalue weighted by Crippen LogP contribution is 2.25. The molecule has 0 spiro atoms. The molecule has 0 aliphatic rings. The van der Waals surface area contributed by atoms with Gasteiger partial charge in [-0.05, 0) is 66.5 Å². The maximum absolute atomic E-state index is 4.99. The van der Waals surface area contributed by atoms with Gasteiger partial charge in [0.1, 0.15) is 11.0 Å². The third kappa shape index (κ3) is 3.12. The summed E-state index contributed by atoms with van der Waals surface area (Å²) in [5, 5.41) is 0. The van der Waals surface area contributed by atoms with E-state index in [1.54, 1.807) is 0 Å². The lowest BCUT2D eigenvalue weighted by atomic mass is 10.1. The Morgan fingerprint density at radius 3 is 1.14 bits per heavy atom. The SMILES string of the molecule is Cc1nc2c(C)nc(C)c(C)c2nc1Cc1nc2c(C)c(C)nc(C)c2nc1C. The molecular weight excluding hydrogens is 360 g/mol. The monoisotopic (exact) mass is 386 g/mol. The van der Waals surface area contributed by atoms with Gasteiger partial charge in [0.25, 0.3) is 0 Å². The van der Waals surface area contributed by atoms with Crippen LogP contribution in [0.5, 0.6) is 0 Å². The number of hydrogen-bond acceptors (Lipinski definition) is 6. The van der Waals surface area contributed by atoms with Crippen molar-refractivity contribution in [3.8, 4) is 0 Å². The van der Waals surface area contributed by atoms with E-state index >= 15 is 0 Å². The van der Waals surface area contributed by atoms with Crippen molar-refractivity contribution in [3.05, 3.63) is 56.7 Å². The Morgan fingerprint density at radius 1 is 0.379 bits per heavy atom. The Hall–Kier alpha value is -3.02. The number of rotatable bonds is 2. The predicted octanol–water partition coefficient (Wildman–Crippen LogP) is 4.42. The van der Waals surface area contributed by atoms with Crippen LogP contribution in [0.4, 0.5) is 0 Å². The van der Waals surface area contributed by atoms with Gasteiger partial charge in [-0.15, -0.1) is 0 Å². The maximum atomic E-state index is 4.99. The van der Waals surface area contributed by atoms with E-state index in [1.165, 1.54) is 0 Å². The van der Waals surface area contributed by atoms with Crippen molar-refractivity contribution < 1.29 is 0 Å². The molecule has 0 unspecified atom stereocenters. The van der Waals surface area contributed by atoms with Gasteiger partial charge < -0.3 is 0 Å². The second-order valence-electron chi connectivity index (χ2n) is 7.90. The van der Waals surface area contributed by atoms with Crippen LogP contribution in [-0.2, 0) is 6.42 Å². The Balaban J connectivity index is 1.90. The zero-order valence-electron chi connectivity index (χ0n) is 18.4. The van der Waals surface area contributed by atoms with Crippen LogP contribution in [0.2, 0.25) is 0 Å². The normalized spacial score (nSPS) is 11.6. The largest absolute Gasteiger partial charge is 0.256 e. The molecule has 0 N–H and O–H groups in total. The lowest BCUT2D eigenvalue weighted by Crippen LogP contribution is -2.08. The van der Waals surface area contributed by atoms with Crippen molar-refractivity contribution in [2.45, 2.75) is 61.8 Å². The van der Waals surface area contributed by atoms with Gasteiger partial charge in [-0.2, -0.15) is 0 Å². The lowest BCUT2D eigenvalue weighted by molar-refractivity contribution is 0.939. The summed E-state index contributed by atoms with van der Waals surface area (Å²) < 4.78 is 0. The van der Waals surface area contributed by atoms with E-state index in [0.717, 1.165) is 78.7 Å². The first-order chi connectivity index (χ1) is 13.7. The number of pyridine rings is 2. The van der Waals surface area contributed by atoms with Crippen molar-refractivity contribution in [1.29, 1.82) is 0 Å². The Kier molecular flexibility index (Phi) is 4.52. The van der Waals surface area contributed by atoms with E-state index in [4.69, 9.17) is 19.9 Å². The molecule has 0 aromatic carbocycles. The fraction of sp³-hybridized carbons (Fsp3) is 0.391. The lowest BCUT2D eigenvalue weighted by Gasteiger charge is -2.13. The zero-order chi connectivity index (χ0) is 21.0. The quantitative estimate of drug-likeness (QED) is 0.507. The summed E-state index contributed by atoms with van der Waals surface area (Å²) in [5.74, 6) is 0. The van der Waals surface area contributed by atoms with Gasteiger partial charge in [-0.25, -0.2) is 19.9 Å². The average Bonchev–Trinajstić information content (AvgIpc) is 2.66. The first-order valence-corrected chi connectivity index (χ1v) is 9.89. The van der Waals surface area contributed by atoms with Crippen molar-refractivity contribution in [2.75, 3.05) is 0 Å². The molecule has 0 radical (unpaired) electrons. The van der Waals surface area contributed by atoms with Crippen LogP contribution in [0.3, 0.4) is 0 Å². The van der Waals surface area contributed by atoms with E-state index in [-0.39, 0.29) is 0 Å². The molecule has 4 aromatic heterocycles. The highest BCUT2D eigenvalue weighted by Gasteiger charge is 2.16. The predicted molar refractivity (Wildman–Crippen MR) is 115 cm³/mol. The van der Waals surface area contributed by atoms with Gasteiger partial charge in [0, 0.05) is 17.8 Å². The number of fused-ring (bicyclic) bond motifs is 2. The summed E-state index contributed by atoms with van der Waals surface area (Å²) in [4.78, 5) is 28.8. The minimum absolute atomic E-state index is 0.600. The first-order valence-electron chi connectivity index (χ1n) is 9.89. The molecule has 4 aromatic rings. The van der Waals surface area contributed by atoms with Crippen molar-refractivity contribution >= 4 is 22.1 Å². The molecule has 6 heteroatoms. The minimum Gasteiger partial charge on any atom is -0.256 e. The topological polar surface area (TPSA) is 77.3 Å². The molecule has 0 atom stereocenters. The van der Waals surface area contributed by atoms with Gasteiger partial charge in [-0.3, -0.25) is 9.97 Å². The van der Waals surface area contributed by atoms with Gasteiger partial charge >= 0.3 is 0 Å². The Morgan fingerprint density at radius 2 is 0.759 bits per heavy atom. The van der Waals surface area contributed by atoms with Gasteiger partial charge in [0.05, 0.1) is 45.2 Å². The second-order valence-corrected chi connectivity index (χ2v) is 7.90. The van der Waals surface area contributed by atoms with Crippen LogP contribution in [0.15, 0.2) is 0 Å². The third-order valence-corrected chi connectivity index (χ3v) is 5.82. The number of aromatic nitrogens is 6. The standard InChI is InChI=1S/C23H26N6/c1-10-12(3)24-16(7)22-20(10)28-18(14(5)26-22)9-19-15(6)27-23-17(8)25-13(4)11(2)21(23)29-19/h9H2,1-8H3. The fourth-order valence-electron chi connectivity index (χ4n) is 3.75. The molecule has 0 saturated heterocycles. The van der Waals surface area contributed by atoms with Crippen molar-refractivity contribution in [1.82, 2.24) is 29.9 Å². The number of aryl methyl sites for hydroxylation is 8. The van der Waals surface area contributed by atoms with Crippen molar-refractivity contribution in [3.63, 3.8) is 0 Å². The van der Waals surface area contributed by atoms with E-state index in [2.05, 4.69) is 23.8 Å². The van der Waals surface area contributed by atoms with E-state index in [0.29, 0.717) is 6.42 Å². The molecule has 29 heavy (non-hydrogen) atoms.